The number of aliphatic hydroxyl groups excluding tert-OH is 1. The molecular formula is C7H12N4O2. The van der Waals surface area contributed by atoms with Crippen molar-refractivity contribution in [3.63, 3.8) is 0 Å². The number of aromatic nitrogens is 3. The first-order valence-corrected chi connectivity index (χ1v) is 3.90. The van der Waals surface area contributed by atoms with Crippen LogP contribution in [0.2, 0.25) is 0 Å². The molecule has 1 aromatic rings. The van der Waals surface area contributed by atoms with Gasteiger partial charge in [-0.3, -0.25) is 9.89 Å². The Labute approximate surface area is 75.6 Å². The van der Waals surface area contributed by atoms with Gasteiger partial charge in [0.25, 0.3) is 5.91 Å². The zero-order valence-electron chi connectivity index (χ0n) is 7.56. The highest BCUT2D eigenvalue weighted by Gasteiger charge is 2.18. The van der Waals surface area contributed by atoms with E-state index in [4.69, 9.17) is 5.11 Å². The van der Waals surface area contributed by atoms with E-state index in [1.165, 1.54) is 11.2 Å². The first-order chi connectivity index (χ1) is 6.16. The molecular weight excluding hydrogens is 172 g/mol. The van der Waals surface area contributed by atoms with Crippen LogP contribution in [0.1, 0.15) is 17.5 Å². The molecule has 0 spiro atoms. The molecule has 0 saturated carbocycles. The maximum absolute atomic E-state index is 11.5. The van der Waals surface area contributed by atoms with E-state index in [2.05, 4.69) is 15.2 Å². The highest BCUT2D eigenvalue weighted by molar-refractivity contribution is 5.90. The summed E-state index contributed by atoms with van der Waals surface area (Å²) in [6.45, 7) is 1.67. The van der Waals surface area contributed by atoms with Crippen molar-refractivity contribution in [3.8, 4) is 0 Å². The molecule has 1 unspecified atom stereocenters. The van der Waals surface area contributed by atoms with E-state index < -0.39 is 0 Å². The van der Waals surface area contributed by atoms with E-state index in [9.17, 15) is 4.79 Å². The average Bonchev–Trinajstić information content (AvgIpc) is 2.67. The molecule has 1 aromatic heterocycles. The maximum Gasteiger partial charge on any atom is 0.291 e. The van der Waals surface area contributed by atoms with Crippen molar-refractivity contribution in [3.05, 3.63) is 12.2 Å². The molecule has 1 rings (SSSR count). The van der Waals surface area contributed by atoms with Gasteiger partial charge in [0.1, 0.15) is 6.33 Å². The van der Waals surface area contributed by atoms with Crippen LogP contribution in [0.5, 0.6) is 0 Å². The number of aliphatic hydroxyl groups is 1. The number of H-pyrrole nitrogens is 1. The zero-order valence-corrected chi connectivity index (χ0v) is 7.56. The Hall–Kier alpha value is -1.43. The van der Waals surface area contributed by atoms with Gasteiger partial charge in [-0.05, 0) is 6.92 Å². The second-order valence-corrected chi connectivity index (χ2v) is 2.78. The molecule has 1 atom stereocenters. The molecule has 0 aliphatic heterocycles. The molecule has 0 saturated heterocycles. The predicted octanol–water partition coefficient (Wildman–Crippen LogP) is -0.743. The van der Waals surface area contributed by atoms with Crippen molar-refractivity contribution in [1.29, 1.82) is 0 Å². The average molecular weight is 184 g/mol. The number of amides is 1. The third-order valence-corrected chi connectivity index (χ3v) is 1.86. The summed E-state index contributed by atoms with van der Waals surface area (Å²) in [6.07, 6.45) is 1.27. The smallest absolute Gasteiger partial charge is 0.291 e. The molecule has 0 aliphatic carbocycles. The number of nitrogens with zero attached hydrogens (tertiary/aromatic N) is 3. The monoisotopic (exact) mass is 184 g/mol. The zero-order chi connectivity index (χ0) is 9.84. The summed E-state index contributed by atoms with van der Waals surface area (Å²) < 4.78 is 0. The fourth-order valence-corrected chi connectivity index (χ4v) is 0.798. The summed E-state index contributed by atoms with van der Waals surface area (Å²) >= 11 is 0. The fraction of sp³-hybridized carbons (Fsp3) is 0.571. The van der Waals surface area contributed by atoms with Crippen molar-refractivity contribution in [2.45, 2.75) is 13.0 Å². The van der Waals surface area contributed by atoms with Gasteiger partial charge < -0.3 is 10.0 Å². The van der Waals surface area contributed by atoms with Crippen molar-refractivity contribution >= 4 is 5.91 Å². The summed E-state index contributed by atoms with van der Waals surface area (Å²) in [5.41, 5.74) is 0. The quantitative estimate of drug-likeness (QED) is 0.648. The molecule has 2 N–H and O–H groups in total. The van der Waals surface area contributed by atoms with E-state index in [0.29, 0.717) is 0 Å². The number of hydrogen-bond donors (Lipinski definition) is 2. The van der Waals surface area contributed by atoms with Crippen LogP contribution in [0, 0.1) is 0 Å². The molecule has 0 aromatic carbocycles. The lowest BCUT2D eigenvalue weighted by atomic mass is 10.3. The van der Waals surface area contributed by atoms with Crippen LogP contribution in [0.3, 0.4) is 0 Å². The molecule has 1 amide bonds. The predicted molar refractivity (Wildman–Crippen MR) is 45.0 cm³/mol. The van der Waals surface area contributed by atoms with E-state index in [1.807, 2.05) is 0 Å². The van der Waals surface area contributed by atoms with Gasteiger partial charge in [-0.2, -0.15) is 5.10 Å². The third-order valence-electron chi connectivity index (χ3n) is 1.86. The molecule has 0 radical (unpaired) electrons. The van der Waals surface area contributed by atoms with Gasteiger partial charge in [0.05, 0.1) is 12.6 Å². The Balaban J connectivity index is 2.68. The van der Waals surface area contributed by atoms with E-state index in [1.54, 1.807) is 14.0 Å². The highest BCUT2D eigenvalue weighted by Crippen LogP contribution is 1.99. The summed E-state index contributed by atoms with van der Waals surface area (Å²) in [4.78, 5) is 16.6. The Morgan fingerprint density at radius 1 is 1.85 bits per heavy atom. The first kappa shape index (κ1) is 9.66. The molecule has 6 nitrogen and oxygen atoms in total. The molecule has 0 bridgehead atoms. The maximum atomic E-state index is 11.5. The Kier molecular flexibility index (Phi) is 2.97. The van der Waals surface area contributed by atoms with Crippen LogP contribution in [0.15, 0.2) is 6.33 Å². The molecule has 0 aliphatic rings. The lowest BCUT2D eigenvalue weighted by Crippen LogP contribution is -2.37. The van der Waals surface area contributed by atoms with Crippen LogP contribution in [-0.4, -0.2) is 50.8 Å². The van der Waals surface area contributed by atoms with Crippen LogP contribution in [0.4, 0.5) is 0 Å². The lowest BCUT2D eigenvalue weighted by molar-refractivity contribution is 0.0670. The minimum atomic E-state index is -0.279. The Morgan fingerprint density at radius 3 is 3.00 bits per heavy atom. The Morgan fingerprint density at radius 2 is 2.54 bits per heavy atom. The van der Waals surface area contributed by atoms with Crippen molar-refractivity contribution in [2.75, 3.05) is 13.7 Å². The van der Waals surface area contributed by atoms with Gasteiger partial charge in [-0.1, -0.05) is 0 Å². The second kappa shape index (κ2) is 3.99. The first-order valence-electron chi connectivity index (χ1n) is 3.90. The van der Waals surface area contributed by atoms with Crippen molar-refractivity contribution < 1.29 is 9.90 Å². The summed E-state index contributed by atoms with van der Waals surface area (Å²) in [7, 11) is 1.60. The van der Waals surface area contributed by atoms with Gasteiger partial charge in [-0.25, -0.2) is 4.98 Å². The summed E-state index contributed by atoms with van der Waals surface area (Å²) in [6, 6.07) is -0.224. The normalized spacial score (nSPS) is 12.5. The lowest BCUT2D eigenvalue weighted by Gasteiger charge is -2.21. The highest BCUT2D eigenvalue weighted by atomic mass is 16.3. The van der Waals surface area contributed by atoms with Crippen LogP contribution in [-0.2, 0) is 0 Å². The van der Waals surface area contributed by atoms with E-state index in [0.717, 1.165) is 0 Å². The minimum absolute atomic E-state index is 0.0730. The number of nitrogens with one attached hydrogen (secondary N) is 1. The number of aromatic amines is 1. The standard InChI is InChI=1S/C7H12N4O2/c1-5(3-12)11(2)7(13)6-8-4-9-10-6/h4-5,12H,3H2,1-2H3,(H,8,9,10). The SMILES string of the molecule is CC(CO)N(C)C(=O)c1ncn[nH]1. The van der Waals surface area contributed by atoms with Crippen molar-refractivity contribution in [2.24, 2.45) is 0 Å². The largest absolute Gasteiger partial charge is 0.394 e. The van der Waals surface area contributed by atoms with Gasteiger partial charge in [0, 0.05) is 7.05 Å². The van der Waals surface area contributed by atoms with E-state index >= 15 is 0 Å². The molecule has 0 fully saturated rings. The van der Waals surface area contributed by atoms with Gasteiger partial charge in [0.15, 0.2) is 0 Å². The van der Waals surface area contributed by atoms with Gasteiger partial charge in [-0.15, -0.1) is 0 Å². The molecule has 1 heterocycles. The van der Waals surface area contributed by atoms with Gasteiger partial charge in [0.2, 0.25) is 5.82 Å². The van der Waals surface area contributed by atoms with E-state index in [-0.39, 0.29) is 24.4 Å². The van der Waals surface area contributed by atoms with Crippen LogP contribution in [0.25, 0.3) is 0 Å². The summed E-state index contributed by atoms with van der Waals surface area (Å²) in [5, 5.41) is 14.8. The number of carbonyl (C=O) groups excluding carboxylic acids is 1. The Bertz CT molecular complexity index is 272. The molecule has 6 heteroatoms. The number of hydrogen-bond acceptors (Lipinski definition) is 4. The number of rotatable bonds is 3. The van der Waals surface area contributed by atoms with Crippen molar-refractivity contribution in [1.82, 2.24) is 20.1 Å². The molecule has 72 valence electrons. The van der Waals surface area contributed by atoms with Gasteiger partial charge >= 0.3 is 0 Å². The minimum Gasteiger partial charge on any atom is -0.394 e. The fourth-order valence-electron chi connectivity index (χ4n) is 0.798. The number of carbonyl (C=O) groups is 1. The summed E-state index contributed by atoms with van der Waals surface area (Å²) in [5.74, 6) is -0.0955. The second-order valence-electron chi connectivity index (χ2n) is 2.78. The number of likely N-dealkylation sites (N-methyl/N-ethyl adjacent to an activating group) is 1. The topological polar surface area (TPSA) is 82.1 Å². The van der Waals surface area contributed by atoms with Crippen LogP contribution < -0.4 is 0 Å². The third kappa shape index (κ3) is 2.03. The molecule has 13 heavy (non-hydrogen) atoms. The van der Waals surface area contributed by atoms with Crippen LogP contribution >= 0.6 is 0 Å².